The lowest BCUT2D eigenvalue weighted by atomic mass is 9.91. The molecule has 2 nitrogen and oxygen atoms in total. The van der Waals surface area contributed by atoms with Crippen molar-refractivity contribution in [2.75, 3.05) is 6.61 Å². The minimum absolute atomic E-state index is 0.268. The molecule has 1 aromatic carbocycles. The second-order valence-corrected chi connectivity index (χ2v) is 5.01. The van der Waals surface area contributed by atoms with E-state index in [9.17, 15) is 0 Å². The van der Waals surface area contributed by atoms with Gasteiger partial charge in [0.15, 0.2) is 5.79 Å². The van der Waals surface area contributed by atoms with Gasteiger partial charge >= 0.3 is 0 Å². The average molecular weight is 220 g/mol. The zero-order valence-electron chi connectivity index (χ0n) is 10.5. The highest BCUT2D eigenvalue weighted by molar-refractivity contribution is 5.28. The molecular formula is C14H20O2. The third-order valence-electron chi connectivity index (χ3n) is 3.21. The summed E-state index contributed by atoms with van der Waals surface area (Å²) in [6, 6.07) is 8.50. The molecule has 1 aliphatic rings. The molecule has 16 heavy (non-hydrogen) atoms. The van der Waals surface area contributed by atoms with Crippen LogP contribution in [-0.4, -0.2) is 12.4 Å². The van der Waals surface area contributed by atoms with E-state index in [4.69, 9.17) is 9.47 Å². The van der Waals surface area contributed by atoms with E-state index in [0.717, 1.165) is 6.42 Å². The van der Waals surface area contributed by atoms with Crippen LogP contribution in [0.15, 0.2) is 24.3 Å². The molecule has 0 spiro atoms. The van der Waals surface area contributed by atoms with Gasteiger partial charge in [0.25, 0.3) is 0 Å². The Morgan fingerprint density at radius 3 is 2.56 bits per heavy atom. The van der Waals surface area contributed by atoms with E-state index in [1.54, 1.807) is 0 Å². The summed E-state index contributed by atoms with van der Waals surface area (Å²) in [6.45, 7) is 8.83. The van der Waals surface area contributed by atoms with E-state index in [-0.39, 0.29) is 5.60 Å². The Kier molecular flexibility index (Phi) is 2.81. The van der Waals surface area contributed by atoms with Gasteiger partial charge in [0.1, 0.15) is 5.60 Å². The Balaban J connectivity index is 2.36. The maximum Gasteiger partial charge on any atom is 0.164 e. The summed E-state index contributed by atoms with van der Waals surface area (Å²) in [5, 5.41) is 0. The van der Waals surface area contributed by atoms with Crippen molar-refractivity contribution >= 4 is 0 Å². The van der Waals surface area contributed by atoms with Crippen LogP contribution < -0.4 is 0 Å². The van der Waals surface area contributed by atoms with Gasteiger partial charge < -0.3 is 9.47 Å². The summed E-state index contributed by atoms with van der Waals surface area (Å²) >= 11 is 0. The predicted octanol–water partition coefficient (Wildman–Crippen LogP) is 3.38. The van der Waals surface area contributed by atoms with Crippen LogP contribution in [0.3, 0.4) is 0 Å². The Hall–Kier alpha value is -0.860. The van der Waals surface area contributed by atoms with Gasteiger partial charge in [0, 0.05) is 0 Å². The Labute approximate surface area is 97.6 Å². The molecule has 1 saturated heterocycles. The molecule has 0 bridgehead atoms. The third-order valence-corrected chi connectivity index (χ3v) is 3.21. The van der Waals surface area contributed by atoms with Gasteiger partial charge in [0.05, 0.1) is 6.61 Å². The Bertz CT molecular complexity index is 384. The fourth-order valence-electron chi connectivity index (χ4n) is 2.27. The molecule has 1 heterocycles. The van der Waals surface area contributed by atoms with Crippen molar-refractivity contribution in [3.63, 3.8) is 0 Å². The van der Waals surface area contributed by atoms with Gasteiger partial charge in [-0.2, -0.15) is 0 Å². The maximum absolute atomic E-state index is 6.10. The standard InChI is InChI=1S/C14H20O2/c1-5-14(10-15-13(3,4)16-14)12-8-6-7-11(2)9-12/h6-9H,5,10H2,1-4H3. The van der Waals surface area contributed by atoms with Crippen molar-refractivity contribution in [2.45, 2.75) is 45.5 Å². The fraction of sp³-hybridized carbons (Fsp3) is 0.571. The van der Waals surface area contributed by atoms with E-state index in [1.165, 1.54) is 11.1 Å². The topological polar surface area (TPSA) is 18.5 Å². The van der Waals surface area contributed by atoms with E-state index in [2.05, 4.69) is 38.1 Å². The highest BCUT2D eigenvalue weighted by Crippen LogP contribution is 2.41. The van der Waals surface area contributed by atoms with Crippen LogP contribution in [0, 0.1) is 6.92 Å². The zero-order valence-corrected chi connectivity index (χ0v) is 10.5. The van der Waals surface area contributed by atoms with Crippen LogP contribution in [0.4, 0.5) is 0 Å². The van der Waals surface area contributed by atoms with Crippen LogP contribution >= 0.6 is 0 Å². The number of hydrogen-bond acceptors (Lipinski definition) is 2. The number of hydrogen-bond donors (Lipinski definition) is 0. The molecule has 1 aliphatic heterocycles. The second kappa shape index (κ2) is 3.86. The van der Waals surface area contributed by atoms with Crippen molar-refractivity contribution in [3.8, 4) is 0 Å². The first-order chi connectivity index (χ1) is 7.47. The maximum atomic E-state index is 6.10. The highest BCUT2D eigenvalue weighted by atomic mass is 16.8. The van der Waals surface area contributed by atoms with E-state index >= 15 is 0 Å². The monoisotopic (exact) mass is 220 g/mol. The van der Waals surface area contributed by atoms with Gasteiger partial charge in [-0.1, -0.05) is 36.8 Å². The minimum Gasteiger partial charge on any atom is -0.347 e. The van der Waals surface area contributed by atoms with Crippen molar-refractivity contribution in [2.24, 2.45) is 0 Å². The first-order valence-electron chi connectivity index (χ1n) is 5.89. The van der Waals surface area contributed by atoms with Crippen LogP contribution in [0.2, 0.25) is 0 Å². The minimum atomic E-state index is -0.472. The van der Waals surface area contributed by atoms with Crippen LogP contribution in [-0.2, 0) is 15.1 Å². The second-order valence-electron chi connectivity index (χ2n) is 5.01. The third kappa shape index (κ3) is 2.00. The van der Waals surface area contributed by atoms with Crippen LogP contribution in [0.25, 0.3) is 0 Å². The summed E-state index contributed by atoms with van der Waals surface area (Å²) in [5.41, 5.74) is 2.22. The van der Waals surface area contributed by atoms with Gasteiger partial charge in [-0.15, -0.1) is 0 Å². The molecular weight excluding hydrogens is 200 g/mol. The molecule has 0 radical (unpaired) electrons. The van der Waals surface area contributed by atoms with Gasteiger partial charge in [-0.05, 0) is 32.8 Å². The SMILES string of the molecule is CCC1(c2cccc(C)c2)COC(C)(C)O1. The molecule has 2 heteroatoms. The van der Waals surface area contributed by atoms with Gasteiger partial charge in [-0.3, -0.25) is 0 Å². The van der Waals surface area contributed by atoms with Gasteiger partial charge in [0.2, 0.25) is 0 Å². The summed E-state index contributed by atoms with van der Waals surface area (Å²) in [6.07, 6.45) is 0.930. The molecule has 1 aromatic rings. The summed E-state index contributed by atoms with van der Waals surface area (Å²) in [5.74, 6) is -0.472. The first kappa shape index (κ1) is 11.6. The summed E-state index contributed by atoms with van der Waals surface area (Å²) in [7, 11) is 0. The molecule has 2 rings (SSSR count). The van der Waals surface area contributed by atoms with Crippen molar-refractivity contribution in [1.29, 1.82) is 0 Å². The molecule has 1 atom stereocenters. The lowest BCUT2D eigenvalue weighted by molar-refractivity contribution is -0.164. The van der Waals surface area contributed by atoms with E-state index in [0.29, 0.717) is 6.61 Å². The number of ether oxygens (including phenoxy) is 2. The first-order valence-corrected chi connectivity index (χ1v) is 5.89. The van der Waals surface area contributed by atoms with Crippen molar-refractivity contribution in [3.05, 3.63) is 35.4 Å². The van der Waals surface area contributed by atoms with Crippen molar-refractivity contribution in [1.82, 2.24) is 0 Å². The normalized spacial score (nSPS) is 28.2. The molecule has 0 aliphatic carbocycles. The van der Waals surface area contributed by atoms with Crippen molar-refractivity contribution < 1.29 is 9.47 Å². The quantitative estimate of drug-likeness (QED) is 0.760. The number of rotatable bonds is 2. The Morgan fingerprint density at radius 2 is 2.06 bits per heavy atom. The fourth-order valence-corrected chi connectivity index (χ4v) is 2.27. The average Bonchev–Trinajstić information content (AvgIpc) is 2.56. The molecule has 1 unspecified atom stereocenters. The van der Waals surface area contributed by atoms with E-state index < -0.39 is 5.79 Å². The lowest BCUT2D eigenvalue weighted by Gasteiger charge is -2.28. The smallest absolute Gasteiger partial charge is 0.164 e. The molecule has 1 fully saturated rings. The van der Waals surface area contributed by atoms with Gasteiger partial charge in [-0.25, -0.2) is 0 Å². The molecule has 0 N–H and O–H groups in total. The molecule has 88 valence electrons. The predicted molar refractivity (Wildman–Crippen MR) is 64.3 cm³/mol. The summed E-state index contributed by atoms with van der Waals surface area (Å²) < 4.78 is 11.8. The number of benzene rings is 1. The summed E-state index contributed by atoms with van der Waals surface area (Å²) in [4.78, 5) is 0. The lowest BCUT2D eigenvalue weighted by Crippen LogP contribution is -2.31. The van der Waals surface area contributed by atoms with Crippen LogP contribution in [0.1, 0.15) is 38.3 Å². The highest BCUT2D eigenvalue weighted by Gasteiger charge is 2.45. The van der Waals surface area contributed by atoms with Crippen LogP contribution in [0.5, 0.6) is 0 Å². The number of aryl methyl sites for hydroxylation is 1. The molecule has 0 amide bonds. The Morgan fingerprint density at radius 1 is 1.31 bits per heavy atom. The van der Waals surface area contributed by atoms with E-state index in [1.807, 2.05) is 13.8 Å². The zero-order chi connectivity index (χ0) is 11.8. The molecule has 0 aromatic heterocycles. The largest absolute Gasteiger partial charge is 0.347 e. The molecule has 0 saturated carbocycles.